The van der Waals surface area contributed by atoms with E-state index in [1.165, 1.54) is 11.3 Å². The number of hydrogen-bond acceptors (Lipinski definition) is 2. The maximum atomic E-state index is 6.11. The zero-order chi connectivity index (χ0) is 15.2. The number of halogens is 1. The number of benzene rings is 1. The van der Waals surface area contributed by atoms with Gasteiger partial charge in [0.2, 0.25) is 0 Å². The molecule has 0 aromatic heterocycles. The first-order valence-corrected chi connectivity index (χ1v) is 7.43. The van der Waals surface area contributed by atoms with E-state index < -0.39 is 0 Å². The van der Waals surface area contributed by atoms with Crippen LogP contribution in [-0.4, -0.2) is 50.6 Å². The van der Waals surface area contributed by atoms with Crippen LogP contribution in [0.2, 0.25) is 5.02 Å². The lowest BCUT2D eigenvalue weighted by atomic mass is 10.1. The third-order valence-electron chi connectivity index (χ3n) is 3.65. The predicted octanol–water partition coefficient (Wildman–Crippen LogP) is 1.98. The molecule has 112 valence electrons. The molecule has 0 saturated carbocycles. The van der Waals surface area contributed by atoms with Crippen LogP contribution >= 0.6 is 11.6 Å². The van der Waals surface area contributed by atoms with Crippen molar-refractivity contribution in [3.63, 3.8) is 0 Å². The highest BCUT2D eigenvalue weighted by molar-refractivity contribution is 6.30. The second-order valence-electron chi connectivity index (χ2n) is 5.01. The summed E-state index contributed by atoms with van der Waals surface area (Å²) in [6, 6.07) is 6.04. The Hall–Kier alpha value is -1.86. The van der Waals surface area contributed by atoms with Crippen LogP contribution in [0.3, 0.4) is 0 Å². The summed E-state index contributed by atoms with van der Waals surface area (Å²) in [5.41, 5.74) is 2.47. The normalized spacial score (nSPS) is 15.8. The molecule has 1 heterocycles. The number of hydrogen-bond donors (Lipinski definition) is 1. The minimum Gasteiger partial charge on any atom is -0.368 e. The molecule has 0 spiro atoms. The maximum Gasteiger partial charge on any atom is 0.194 e. The number of nitrogens with one attached hydrogen (secondary N) is 1. The van der Waals surface area contributed by atoms with Crippen molar-refractivity contribution in [2.24, 2.45) is 4.99 Å². The van der Waals surface area contributed by atoms with Crippen LogP contribution < -0.4 is 10.2 Å². The Labute approximate surface area is 131 Å². The number of aliphatic imine (C=N–C) groups is 1. The summed E-state index contributed by atoms with van der Waals surface area (Å²) in [6.07, 6.45) is 5.28. The number of anilines is 1. The van der Waals surface area contributed by atoms with Gasteiger partial charge in [-0.1, -0.05) is 23.6 Å². The van der Waals surface area contributed by atoms with Gasteiger partial charge in [-0.3, -0.25) is 4.99 Å². The number of nitrogens with zero attached hydrogens (tertiary/aromatic N) is 3. The zero-order valence-electron chi connectivity index (χ0n) is 12.6. The van der Waals surface area contributed by atoms with E-state index in [0.29, 0.717) is 6.54 Å². The molecule has 1 saturated heterocycles. The lowest BCUT2D eigenvalue weighted by Gasteiger charge is -2.38. The van der Waals surface area contributed by atoms with E-state index in [4.69, 9.17) is 18.0 Å². The molecule has 2 rings (SSSR count). The number of rotatable bonds is 2. The topological polar surface area (TPSA) is 30.9 Å². The van der Waals surface area contributed by atoms with Crippen molar-refractivity contribution in [3.05, 3.63) is 28.8 Å². The van der Waals surface area contributed by atoms with Gasteiger partial charge in [0.1, 0.15) is 0 Å². The molecule has 1 aromatic rings. The second-order valence-corrected chi connectivity index (χ2v) is 5.45. The third kappa shape index (κ3) is 3.83. The highest BCUT2D eigenvalue weighted by Crippen LogP contribution is 2.25. The van der Waals surface area contributed by atoms with Crippen molar-refractivity contribution >= 4 is 23.2 Å². The molecule has 0 aliphatic carbocycles. The van der Waals surface area contributed by atoms with Gasteiger partial charge in [-0.2, -0.15) is 0 Å². The molecule has 0 atom stereocenters. The van der Waals surface area contributed by atoms with Gasteiger partial charge in [-0.15, -0.1) is 6.42 Å². The Balaban J connectivity index is 2.00. The van der Waals surface area contributed by atoms with Crippen LogP contribution in [0.15, 0.2) is 23.2 Å². The summed E-state index contributed by atoms with van der Waals surface area (Å²) in [5, 5.41) is 3.95. The van der Waals surface area contributed by atoms with Gasteiger partial charge in [0, 0.05) is 43.9 Å². The van der Waals surface area contributed by atoms with Crippen molar-refractivity contribution in [3.8, 4) is 12.3 Å². The van der Waals surface area contributed by atoms with Crippen LogP contribution in [0.1, 0.15) is 5.56 Å². The minimum absolute atomic E-state index is 0.500. The smallest absolute Gasteiger partial charge is 0.194 e. The fourth-order valence-corrected chi connectivity index (χ4v) is 2.71. The van der Waals surface area contributed by atoms with E-state index in [9.17, 15) is 0 Å². The quantitative estimate of drug-likeness (QED) is 0.515. The number of guanidine groups is 1. The summed E-state index contributed by atoms with van der Waals surface area (Å²) in [4.78, 5) is 8.87. The van der Waals surface area contributed by atoms with Crippen molar-refractivity contribution in [1.29, 1.82) is 0 Å². The van der Waals surface area contributed by atoms with Crippen LogP contribution in [0, 0.1) is 19.3 Å². The highest BCUT2D eigenvalue weighted by Gasteiger charge is 2.20. The highest BCUT2D eigenvalue weighted by atomic mass is 35.5. The molecule has 21 heavy (non-hydrogen) atoms. The van der Waals surface area contributed by atoms with E-state index in [2.05, 4.69) is 39.0 Å². The summed E-state index contributed by atoms with van der Waals surface area (Å²) in [5.74, 6) is 3.45. The molecule has 5 heteroatoms. The molecule has 0 amide bonds. The van der Waals surface area contributed by atoms with Crippen LogP contribution in [-0.2, 0) is 0 Å². The summed E-state index contributed by atoms with van der Waals surface area (Å²) < 4.78 is 0. The first kappa shape index (κ1) is 15.5. The summed E-state index contributed by atoms with van der Waals surface area (Å²) in [6.45, 7) is 6.33. The second kappa shape index (κ2) is 7.24. The Morgan fingerprint density at radius 1 is 1.38 bits per heavy atom. The number of terminal acetylenes is 1. The largest absolute Gasteiger partial charge is 0.368 e. The van der Waals surface area contributed by atoms with E-state index in [1.807, 2.05) is 12.1 Å². The van der Waals surface area contributed by atoms with E-state index in [-0.39, 0.29) is 0 Å². The van der Waals surface area contributed by atoms with Gasteiger partial charge in [-0.05, 0) is 24.6 Å². The van der Waals surface area contributed by atoms with Crippen LogP contribution in [0.5, 0.6) is 0 Å². The summed E-state index contributed by atoms with van der Waals surface area (Å²) >= 11 is 6.11. The minimum atomic E-state index is 0.500. The first-order chi connectivity index (χ1) is 10.2. The molecule has 1 aliphatic rings. The Morgan fingerprint density at radius 3 is 2.71 bits per heavy atom. The molecule has 0 radical (unpaired) electrons. The fraction of sp³-hybridized carbons (Fsp3) is 0.438. The van der Waals surface area contributed by atoms with Gasteiger partial charge in [0.05, 0.1) is 6.54 Å². The monoisotopic (exact) mass is 304 g/mol. The van der Waals surface area contributed by atoms with E-state index in [1.54, 1.807) is 7.05 Å². The van der Waals surface area contributed by atoms with Gasteiger partial charge >= 0.3 is 0 Å². The zero-order valence-corrected chi connectivity index (χ0v) is 13.3. The van der Waals surface area contributed by atoms with Crippen molar-refractivity contribution in [2.75, 3.05) is 44.7 Å². The standard InChI is InChI=1S/C16H21ClN4/c1-4-7-19-16(18-3)21-10-8-20(9-11-21)15-12-14(17)6-5-13(15)2/h1,5-6,12H,7-11H2,2-3H3,(H,18,19). The molecule has 0 bridgehead atoms. The van der Waals surface area contributed by atoms with Gasteiger partial charge in [0.25, 0.3) is 0 Å². The molecule has 1 fully saturated rings. The van der Waals surface area contributed by atoms with E-state index >= 15 is 0 Å². The van der Waals surface area contributed by atoms with Crippen molar-refractivity contribution in [2.45, 2.75) is 6.92 Å². The molecular weight excluding hydrogens is 284 g/mol. The Bertz CT molecular complexity index is 554. The average molecular weight is 305 g/mol. The molecular formula is C16H21ClN4. The Kier molecular flexibility index (Phi) is 5.35. The number of piperazine rings is 1. The average Bonchev–Trinajstić information content (AvgIpc) is 2.51. The molecule has 0 unspecified atom stereocenters. The first-order valence-electron chi connectivity index (χ1n) is 7.06. The lowest BCUT2D eigenvalue weighted by molar-refractivity contribution is 0.374. The van der Waals surface area contributed by atoms with Crippen LogP contribution in [0.25, 0.3) is 0 Å². The molecule has 1 N–H and O–H groups in total. The molecule has 1 aromatic carbocycles. The molecule has 4 nitrogen and oxygen atoms in total. The number of aryl methyl sites for hydroxylation is 1. The van der Waals surface area contributed by atoms with Gasteiger partial charge in [0.15, 0.2) is 5.96 Å². The van der Waals surface area contributed by atoms with Crippen LogP contribution in [0.4, 0.5) is 5.69 Å². The predicted molar refractivity (Wildman–Crippen MR) is 90.2 cm³/mol. The van der Waals surface area contributed by atoms with Gasteiger partial charge in [-0.25, -0.2) is 0 Å². The van der Waals surface area contributed by atoms with Gasteiger partial charge < -0.3 is 15.1 Å². The molecule has 1 aliphatic heterocycles. The van der Waals surface area contributed by atoms with Crippen molar-refractivity contribution < 1.29 is 0 Å². The Morgan fingerprint density at radius 2 is 2.10 bits per heavy atom. The van der Waals surface area contributed by atoms with Crippen molar-refractivity contribution in [1.82, 2.24) is 10.2 Å². The fourth-order valence-electron chi connectivity index (χ4n) is 2.54. The van der Waals surface area contributed by atoms with E-state index in [0.717, 1.165) is 37.2 Å². The summed E-state index contributed by atoms with van der Waals surface area (Å²) in [7, 11) is 1.78. The third-order valence-corrected chi connectivity index (χ3v) is 3.89. The lowest BCUT2D eigenvalue weighted by Crippen LogP contribution is -2.52. The SMILES string of the molecule is C#CCNC(=NC)N1CCN(c2cc(Cl)ccc2C)CC1. The maximum absolute atomic E-state index is 6.11.